The first-order valence-electron chi connectivity index (χ1n) is 18.9. The summed E-state index contributed by atoms with van der Waals surface area (Å²) in [5.74, 6) is 0.567. The number of benzene rings is 7. The van der Waals surface area contributed by atoms with E-state index in [1.165, 1.54) is 0 Å². The number of para-hydroxylation sites is 2. The second-order valence-electron chi connectivity index (χ2n) is 12.1. The summed E-state index contributed by atoms with van der Waals surface area (Å²) in [4.78, 5) is 14.6. The second kappa shape index (κ2) is 11.4. The summed E-state index contributed by atoms with van der Waals surface area (Å²) in [7, 11) is 0. The zero-order valence-electron chi connectivity index (χ0n) is 31.6. The molecule has 0 amide bonds. The van der Waals surface area contributed by atoms with Crippen LogP contribution in [0.25, 0.3) is 89.2 Å². The minimum Gasteiger partial charge on any atom is -0.309 e. The third kappa shape index (κ3) is 4.45. The van der Waals surface area contributed by atoms with Gasteiger partial charge in [-0.3, -0.25) is 4.57 Å². The molecule has 0 N–H and O–H groups in total. The molecule has 10 rings (SSSR count). The van der Waals surface area contributed by atoms with Gasteiger partial charge in [-0.05, 0) is 47.5 Å². The molecule has 0 saturated carbocycles. The van der Waals surface area contributed by atoms with Crippen LogP contribution in [-0.4, -0.2) is 24.1 Å². The van der Waals surface area contributed by atoms with E-state index in [4.69, 9.17) is 21.8 Å². The second-order valence-corrected chi connectivity index (χ2v) is 12.1. The zero-order valence-corrected chi connectivity index (χ0v) is 26.6. The fraction of sp³-hybridized carbons (Fsp3) is 0. The van der Waals surface area contributed by atoms with Crippen LogP contribution in [0.3, 0.4) is 0 Å². The minimum absolute atomic E-state index is 0.0113. The third-order valence-corrected chi connectivity index (χ3v) is 9.26. The predicted molar refractivity (Wildman–Crippen MR) is 205 cm³/mol. The maximum atomic E-state index is 8.78. The molecule has 10 aromatic rings. The van der Waals surface area contributed by atoms with Crippen molar-refractivity contribution >= 4 is 43.6 Å². The van der Waals surface area contributed by atoms with Crippen LogP contribution in [0.2, 0.25) is 0 Å². The standard InChI is InChI=1S/C45H29N5/c1-4-15-30(16-5-1)33-21-14-22-34(29-33)49-37-25-12-10-23-35(37)41-39(49)27-28-40-42(41)36-24-11-13-26-38(36)50(40)45-47-43(31-17-6-2-7-18-31)46-44(48-45)32-19-8-3-9-20-32/h1-29H/i2D,6D,7D,17D,18D. The van der Waals surface area contributed by atoms with Crippen LogP contribution in [0.4, 0.5) is 0 Å². The Hall–Kier alpha value is -6.85. The van der Waals surface area contributed by atoms with E-state index in [1.54, 1.807) is 0 Å². The molecule has 5 heteroatoms. The highest BCUT2D eigenvalue weighted by atomic mass is 15.2. The normalized spacial score (nSPS) is 13.0. The molecule has 0 unspecified atom stereocenters. The first kappa shape index (κ1) is 23.5. The number of nitrogens with zero attached hydrogens (tertiary/aromatic N) is 5. The quantitative estimate of drug-likeness (QED) is 0.187. The van der Waals surface area contributed by atoms with E-state index in [1.807, 2.05) is 59.2 Å². The zero-order chi connectivity index (χ0) is 37.4. The maximum absolute atomic E-state index is 8.78. The Bertz CT molecular complexity index is 3130. The van der Waals surface area contributed by atoms with Crippen LogP contribution in [-0.2, 0) is 0 Å². The van der Waals surface area contributed by atoms with Crippen molar-refractivity contribution in [1.29, 1.82) is 0 Å². The highest BCUT2D eigenvalue weighted by Crippen LogP contribution is 2.42. The van der Waals surface area contributed by atoms with Gasteiger partial charge >= 0.3 is 0 Å². The lowest BCUT2D eigenvalue weighted by atomic mass is 10.0. The summed E-state index contributed by atoms with van der Waals surface area (Å²) in [6, 6.07) is 47.0. The van der Waals surface area contributed by atoms with Crippen LogP contribution >= 0.6 is 0 Å². The van der Waals surface area contributed by atoms with Crippen LogP contribution in [0.15, 0.2) is 176 Å². The van der Waals surface area contributed by atoms with Gasteiger partial charge in [0, 0.05) is 38.4 Å². The van der Waals surface area contributed by atoms with E-state index in [0.717, 1.165) is 60.4 Å². The summed E-state index contributed by atoms with van der Waals surface area (Å²) < 4.78 is 46.8. The molecular formula is C45H29N5. The summed E-state index contributed by atoms with van der Waals surface area (Å²) in [6.45, 7) is 0. The Labute approximate surface area is 295 Å². The van der Waals surface area contributed by atoms with Crippen molar-refractivity contribution in [3.63, 3.8) is 0 Å². The van der Waals surface area contributed by atoms with Gasteiger partial charge < -0.3 is 4.57 Å². The van der Waals surface area contributed by atoms with Crippen LogP contribution in [0, 0.1) is 0 Å². The van der Waals surface area contributed by atoms with Gasteiger partial charge in [-0.1, -0.05) is 139 Å². The molecular weight excluding hydrogens is 611 g/mol. The van der Waals surface area contributed by atoms with E-state index in [2.05, 4.69) is 95.6 Å². The number of fused-ring (bicyclic) bond motifs is 7. The van der Waals surface area contributed by atoms with Gasteiger partial charge in [0.25, 0.3) is 0 Å². The first-order chi connectivity index (χ1) is 26.9. The van der Waals surface area contributed by atoms with Crippen molar-refractivity contribution < 1.29 is 6.85 Å². The average Bonchev–Trinajstić information content (AvgIpc) is 3.76. The van der Waals surface area contributed by atoms with Gasteiger partial charge in [-0.25, -0.2) is 4.98 Å². The van der Waals surface area contributed by atoms with Gasteiger partial charge in [0.1, 0.15) is 0 Å². The average molecular weight is 645 g/mol. The molecule has 0 aliphatic heterocycles. The lowest BCUT2D eigenvalue weighted by molar-refractivity contribution is 0.953. The van der Waals surface area contributed by atoms with Gasteiger partial charge in [-0.2, -0.15) is 9.97 Å². The lowest BCUT2D eigenvalue weighted by Gasteiger charge is -2.11. The highest BCUT2D eigenvalue weighted by molar-refractivity contribution is 6.28. The lowest BCUT2D eigenvalue weighted by Crippen LogP contribution is -2.06. The number of hydrogen-bond donors (Lipinski definition) is 0. The van der Waals surface area contributed by atoms with Gasteiger partial charge in [0.05, 0.1) is 28.9 Å². The van der Waals surface area contributed by atoms with Crippen molar-refractivity contribution in [1.82, 2.24) is 24.1 Å². The Morgan fingerprint density at radius 1 is 0.400 bits per heavy atom. The molecule has 0 aliphatic carbocycles. The molecule has 0 radical (unpaired) electrons. The molecule has 0 aliphatic rings. The van der Waals surface area contributed by atoms with Crippen molar-refractivity contribution in [2.75, 3.05) is 0 Å². The summed E-state index contributed by atoms with van der Waals surface area (Å²) >= 11 is 0. The Kier molecular flexibility index (Phi) is 5.35. The molecule has 5 nitrogen and oxygen atoms in total. The van der Waals surface area contributed by atoms with E-state index >= 15 is 0 Å². The van der Waals surface area contributed by atoms with Gasteiger partial charge in [0.15, 0.2) is 11.6 Å². The van der Waals surface area contributed by atoms with Crippen molar-refractivity contribution in [2.24, 2.45) is 0 Å². The fourth-order valence-electron chi connectivity index (χ4n) is 7.12. The van der Waals surface area contributed by atoms with E-state index in [-0.39, 0.29) is 29.4 Å². The van der Waals surface area contributed by atoms with Crippen molar-refractivity contribution in [3.8, 4) is 45.5 Å². The molecule has 0 bridgehead atoms. The Morgan fingerprint density at radius 3 is 1.62 bits per heavy atom. The molecule has 3 heterocycles. The smallest absolute Gasteiger partial charge is 0.238 e. The van der Waals surface area contributed by atoms with E-state index in [9.17, 15) is 0 Å². The number of hydrogen-bond acceptors (Lipinski definition) is 3. The Morgan fingerprint density at radius 2 is 0.940 bits per heavy atom. The van der Waals surface area contributed by atoms with E-state index < -0.39 is 18.1 Å². The maximum Gasteiger partial charge on any atom is 0.238 e. The summed E-state index contributed by atoms with van der Waals surface area (Å²) in [6.07, 6.45) is 0. The summed E-state index contributed by atoms with van der Waals surface area (Å²) in [5, 5.41) is 4.19. The van der Waals surface area contributed by atoms with E-state index in [0.29, 0.717) is 11.4 Å². The first-order valence-corrected chi connectivity index (χ1v) is 16.4. The Balaban J connectivity index is 1.29. The van der Waals surface area contributed by atoms with Crippen LogP contribution in [0.5, 0.6) is 0 Å². The molecule has 3 aromatic heterocycles. The minimum atomic E-state index is -0.478. The predicted octanol–water partition coefficient (Wildman–Crippen LogP) is 11.1. The SMILES string of the molecule is [2H]c1c([2H])c([2H])c(-c2nc(-c3ccccc3)nc(-n3c4ccccc4c4c5c6ccccc6n(-c6cccc(-c7ccccc7)c6)c5ccc43)n2)c([2H])c1[2H]. The number of rotatable bonds is 5. The molecule has 0 spiro atoms. The number of aromatic nitrogens is 5. The van der Waals surface area contributed by atoms with Crippen LogP contribution in [0.1, 0.15) is 6.85 Å². The third-order valence-electron chi connectivity index (χ3n) is 9.26. The molecule has 0 atom stereocenters. The molecule has 0 fully saturated rings. The fourth-order valence-corrected chi connectivity index (χ4v) is 7.12. The highest BCUT2D eigenvalue weighted by Gasteiger charge is 2.22. The molecule has 50 heavy (non-hydrogen) atoms. The topological polar surface area (TPSA) is 48.5 Å². The molecule has 234 valence electrons. The molecule has 7 aromatic carbocycles. The van der Waals surface area contributed by atoms with Gasteiger partial charge in [-0.15, -0.1) is 0 Å². The van der Waals surface area contributed by atoms with Gasteiger partial charge in [0.2, 0.25) is 5.95 Å². The van der Waals surface area contributed by atoms with Crippen molar-refractivity contribution in [2.45, 2.75) is 0 Å². The van der Waals surface area contributed by atoms with Crippen molar-refractivity contribution in [3.05, 3.63) is 176 Å². The van der Waals surface area contributed by atoms with Crippen LogP contribution < -0.4 is 0 Å². The summed E-state index contributed by atoms with van der Waals surface area (Å²) in [5.41, 5.74) is 7.75. The molecule has 0 saturated heterocycles. The monoisotopic (exact) mass is 644 g/mol. The largest absolute Gasteiger partial charge is 0.309 e.